The summed E-state index contributed by atoms with van der Waals surface area (Å²) in [5, 5.41) is 6.13. The van der Waals surface area contributed by atoms with Crippen LogP contribution < -0.4 is 15.4 Å². The zero-order valence-electron chi connectivity index (χ0n) is 16.6. The van der Waals surface area contributed by atoms with Crippen LogP contribution in [-0.2, 0) is 6.42 Å². The fourth-order valence-corrected chi connectivity index (χ4v) is 3.23. The van der Waals surface area contributed by atoms with Gasteiger partial charge in [-0.3, -0.25) is 10.1 Å². The summed E-state index contributed by atoms with van der Waals surface area (Å²) >= 11 is 5.34. The van der Waals surface area contributed by atoms with Crippen molar-refractivity contribution in [2.75, 3.05) is 11.9 Å². The van der Waals surface area contributed by atoms with E-state index in [4.69, 9.17) is 17.0 Å². The van der Waals surface area contributed by atoms with Crippen molar-refractivity contribution < 1.29 is 9.53 Å². The minimum atomic E-state index is -0.302. The Kier molecular flexibility index (Phi) is 6.98. The molecule has 0 bridgehead atoms. The molecule has 0 aromatic heterocycles. The Hall–Kier alpha value is -3.18. The number of anilines is 1. The number of carbonyl (C=O) groups excluding carboxylic acids is 1. The Bertz CT molecular complexity index is 983. The van der Waals surface area contributed by atoms with Crippen molar-refractivity contribution >= 4 is 28.9 Å². The molecule has 0 radical (unpaired) electrons. The minimum absolute atomic E-state index is 0.256. The second-order valence-electron chi connectivity index (χ2n) is 6.76. The number of nitrogens with one attached hydrogen (secondary N) is 2. The number of hydrogen-bond donors (Lipinski definition) is 2. The Labute approximate surface area is 176 Å². The summed E-state index contributed by atoms with van der Waals surface area (Å²) in [5.74, 6) is 0.236. The molecule has 0 saturated carbocycles. The van der Waals surface area contributed by atoms with Gasteiger partial charge in [-0.2, -0.15) is 0 Å². The van der Waals surface area contributed by atoms with Gasteiger partial charge in [-0.1, -0.05) is 60.7 Å². The van der Waals surface area contributed by atoms with Crippen molar-refractivity contribution in [3.63, 3.8) is 0 Å². The summed E-state index contributed by atoms with van der Waals surface area (Å²) in [6, 6.07) is 23.3. The lowest BCUT2D eigenvalue weighted by molar-refractivity contribution is 0.0974. The van der Waals surface area contributed by atoms with Crippen LogP contribution in [0.1, 0.15) is 27.0 Å². The van der Waals surface area contributed by atoms with E-state index in [1.165, 1.54) is 5.56 Å². The molecule has 3 aromatic rings. The van der Waals surface area contributed by atoms with Crippen LogP contribution in [0.2, 0.25) is 0 Å². The van der Waals surface area contributed by atoms with Crippen molar-refractivity contribution in [3.05, 3.63) is 95.1 Å². The smallest absolute Gasteiger partial charge is 0.261 e. The molecule has 0 atom stereocenters. The average Bonchev–Trinajstić information content (AvgIpc) is 2.72. The van der Waals surface area contributed by atoms with E-state index >= 15 is 0 Å². The second kappa shape index (κ2) is 9.85. The number of hydrogen-bond acceptors (Lipinski definition) is 3. The lowest BCUT2D eigenvalue weighted by Gasteiger charge is -2.15. The number of carbonyl (C=O) groups is 1. The molecule has 0 aliphatic carbocycles. The van der Waals surface area contributed by atoms with Gasteiger partial charge in [0.2, 0.25) is 0 Å². The van der Waals surface area contributed by atoms with Gasteiger partial charge in [-0.05, 0) is 54.9 Å². The highest BCUT2D eigenvalue weighted by atomic mass is 32.1. The monoisotopic (exact) mass is 404 g/mol. The summed E-state index contributed by atoms with van der Waals surface area (Å²) in [4.78, 5) is 12.8. The average molecular weight is 405 g/mol. The van der Waals surface area contributed by atoms with Gasteiger partial charge in [0.15, 0.2) is 5.11 Å². The standard InChI is InChI=1S/C24H24N2O2S/c1-17-9-8-10-18(2)22(17)25-24(29)26-23(27)20-13-6-7-14-21(20)28-16-15-19-11-4-3-5-12-19/h3-14H,15-16H2,1-2H3,(H2,25,26,27,29). The highest BCUT2D eigenvalue weighted by Crippen LogP contribution is 2.20. The molecular formula is C24H24N2O2S. The number of para-hydroxylation sites is 2. The van der Waals surface area contributed by atoms with Gasteiger partial charge in [0, 0.05) is 12.1 Å². The summed E-state index contributed by atoms with van der Waals surface area (Å²) < 4.78 is 5.88. The first-order valence-corrected chi connectivity index (χ1v) is 9.89. The van der Waals surface area contributed by atoms with Gasteiger partial charge in [0.05, 0.1) is 12.2 Å². The number of benzene rings is 3. The van der Waals surface area contributed by atoms with Gasteiger partial charge in [-0.25, -0.2) is 0 Å². The first-order chi connectivity index (χ1) is 14.0. The third-order valence-corrected chi connectivity index (χ3v) is 4.77. The van der Waals surface area contributed by atoms with Crippen LogP contribution in [0.3, 0.4) is 0 Å². The zero-order chi connectivity index (χ0) is 20.6. The Morgan fingerprint density at radius 1 is 0.897 bits per heavy atom. The van der Waals surface area contributed by atoms with E-state index in [1.54, 1.807) is 18.2 Å². The topological polar surface area (TPSA) is 50.4 Å². The fourth-order valence-electron chi connectivity index (χ4n) is 3.03. The molecule has 0 heterocycles. The molecule has 0 unspecified atom stereocenters. The maximum Gasteiger partial charge on any atom is 0.261 e. The molecule has 0 aliphatic heterocycles. The van der Waals surface area contributed by atoms with Crippen molar-refractivity contribution in [2.24, 2.45) is 0 Å². The second-order valence-corrected chi connectivity index (χ2v) is 7.16. The van der Waals surface area contributed by atoms with Crippen LogP contribution in [0, 0.1) is 13.8 Å². The SMILES string of the molecule is Cc1cccc(C)c1NC(=S)NC(=O)c1ccccc1OCCc1ccccc1. The minimum Gasteiger partial charge on any atom is -0.492 e. The van der Waals surface area contributed by atoms with Gasteiger partial charge in [-0.15, -0.1) is 0 Å². The van der Waals surface area contributed by atoms with Crippen LogP contribution in [-0.4, -0.2) is 17.6 Å². The highest BCUT2D eigenvalue weighted by Gasteiger charge is 2.14. The molecular weight excluding hydrogens is 380 g/mol. The quantitative estimate of drug-likeness (QED) is 0.565. The van der Waals surface area contributed by atoms with E-state index < -0.39 is 0 Å². The van der Waals surface area contributed by atoms with Crippen molar-refractivity contribution in [2.45, 2.75) is 20.3 Å². The molecule has 2 N–H and O–H groups in total. The van der Waals surface area contributed by atoms with Crippen LogP contribution in [0.15, 0.2) is 72.8 Å². The van der Waals surface area contributed by atoms with Gasteiger partial charge >= 0.3 is 0 Å². The molecule has 1 amide bonds. The molecule has 3 rings (SSSR count). The number of thiocarbonyl (C=S) groups is 1. The summed E-state index contributed by atoms with van der Waals surface area (Å²) in [6.07, 6.45) is 0.767. The van der Waals surface area contributed by atoms with E-state index in [-0.39, 0.29) is 11.0 Å². The van der Waals surface area contributed by atoms with Crippen LogP contribution in [0.5, 0.6) is 5.75 Å². The first-order valence-electron chi connectivity index (χ1n) is 9.49. The molecule has 0 spiro atoms. The molecule has 148 valence electrons. The largest absolute Gasteiger partial charge is 0.492 e. The fraction of sp³-hybridized carbons (Fsp3) is 0.167. The van der Waals surface area contributed by atoms with E-state index in [9.17, 15) is 4.79 Å². The summed E-state index contributed by atoms with van der Waals surface area (Å²) in [7, 11) is 0. The van der Waals surface area contributed by atoms with Crippen LogP contribution >= 0.6 is 12.2 Å². The molecule has 29 heavy (non-hydrogen) atoms. The van der Waals surface area contributed by atoms with E-state index in [2.05, 4.69) is 22.8 Å². The van der Waals surface area contributed by atoms with Crippen molar-refractivity contribution in [1.29, 1.82) is 0 Å². The number of ether oxygens (including phenoxy) is 1. The summed E-state index contributed by atoms with van der Waals surface area (Å²) in [6.45, 7) is 4.48. The van der Waals surface area contributed by atoms with Crippen LogP contribution in [0.25, 0.3) is 0 Å². The Morgan fingerprint density at radius 3 is 2.28 bits per heavy atom. The molecule has 0 saturated heterocycles. The summed E-state index contributed by atoms with van der Waals surface area (Å²) in [5.41, 5.74) is 4.67. The Balaban J connectivity index is 1.62. The van der Waals surface area contributed by atoms with Gasteiger partial charge < -0.3 is 10.1 Å². The Morgan fingerprint density at radius 2 is 1.55 bits per heavy atom. The lowest BCUT2D eigenvalue weighted by atomic mass is 10.1. The molecule has 4 nitrogen and oxygen atoms in total. The third-order valence-electron chi connectivity index (χ3n) is 4.57. The van der Waals surface area contributed by atoms with E-state index in [0.717, 1.165) is 23.2 Å². The molecule has 5 heteroatoms. The maximum atomic E-state index is 12.8. The van der Waals surface area contributed by atoms with Crippen molar-refractivity contribution in [3.8, 4) is 5.75 Å². The molecule has 3 aromatic carbocycles. The predicted molar refractivity (Wildman–Crippen MR) is 122 cm³/mol. The zero-order valence-corrected chi connectivity index (χ0v) is 17.4. The van der Waals surface area contributed by atoms with Crippen molar-refractivity contribution in [1.82, 2.24) is 5.32 Å². The lowest BCUT2D eigenvalue weighted by Crippen LogP contribution is -2.34. The highest BCUT2D eigenvalue weighted by molar-refractivity contribution is 7.80. The maximum absolute atomic E-state index is 12.8. The predicted octanol–water partition coefficient (Wildman–Crippen LogP) is 5.05. The van der Waals surface area contributed by atoms with Gasteiger partial charge in [0.25, 0.3) is 5.91 Å². The number of rotatable bonds is 6. The third kappa shape index (κ3) is 5.65. The van der Waals surface area contributed by atoms with Gasteiger partial charge in [0.1, 0.15) is 5.75 Å². The van der Waals surface area contributed by atoms with E-state index in [0.29, 0.717) is 17.9 Å². The number of amides is 1. The molecule has 0 aliphatic rings. The normalized spacial score (nSPS) is 10.3. The van der Waals surface area contributed by atoms with E-state index in [1.807, 2.05) is 56.3 Å². The number of aryl methyl sites for hydroxylation is 2. The van der Waals surface area contributed by atoms with Crippen LogP contribution in [0.4, 0.5) is 5.69 Å². The molecule has 0 fully saturated rings. The first kappa shape index (κ1) is 20.6.